The third-order valence-corrected chi connectivity index (χ3v) is 6.40. The lowest BCUT2D eigenvalue weighted by atomic mass is 9.94. The van der Waals surface area contributed by atoms with E-state index in [9.17, 15) is 18.4 Å². The fourth-order valence-electron chi connectivity index (χ4n) is 4.82. The molecule has 36 heavy (non-hydrogen) atoms. The Morgan fingerprint density at radius 1 is 1.00 bits per heavy atom. The van der Waals surface area contributed by atoms with E-state index in [1.54, 1.807) is 9.80 Å². The molecule has 0 spiro atoms. The van der Waals surface area contributed by atoms with Gasteiger partial charge in [0.15, 0.2) is 11.5 Å². The van der Waals surface area contributed by atoms with E-state index in [1.807, 2.05) is 33.8 Å². The largest absolute Gasteiger partial charge is 0.586 e. The Morgan fingerprint density at radius 2 is 1.72 bits per heavy atom. The van der Waals surface area contributed by atoms with Gasteiger partial charge in [0.2, 0.25) is 0 Å². The fourth-order valence-corrected chi connectivity index (χ4v) is 4.82. The standard InChI is InChI=1S/C26H28F2N2O6/c1-15-18-8-10-29(24(32)36-25(2,3)4)9-7-16(18)13-21-22(15)30(11-12-33-21)23(31)17-5-6-19-20(14-17)35-26(27,28)34-19/h5-6,13-14H,7-12H2,1-4H3. The Labute approximate surface area is 207 Å². The van der Waals surface area contributed by atoms with Gasteiger partial charge in [0.25, 0.3) is 5.91 Å². The number of carbonyl (C=O) groups excluding carboxylic acids is 2. The molecule has 5 rings (SSSR count). The molecule has 10 heteroatoms. The number of fused-ring (bicyclic) bond motifs is 3. The maximum atomic E-state index is 13.5. The van der Waals surface area contributed by atoms with Crippen LogP contribution in [0.5, 0.6) is 17.2 Å². The lowest BCUT2D eigenvalue weighted by Crippen LogP contribution is -2.39. The average molecular weight is 503 g/mol. The number of carbonyl (C=O) groups is 2. The first kappa shape index (κ1) is 24.1. The van der Waals surface area contributed by atoms with Crippen molar-refractivity contribution < 1.29 is 37.3 Å². The molecule has 2 amide bonds. The number of rotatable bonds is 1. The molecule has 0 saturated carbocycles. The summed E-state index contributed by atoms with van der Waals surface area (Å²) >= 11 is 0. The second-order valence-electron chi connectivity index (χ2n) is 10.1. The zero-order chi connectivity index (χ0) is 25.8. The van der Waals surface area contributed by atoms with Crippen LogP contribution in [0.25, 0.3) is 0 Å². The lowest BCUT2D eigenvalue weighted by molar-refractivity contribution is -0.286. The van der Waals surface area contributed by atoms with Crippen molar-refractivity contribution in [3.63, 3.8) is 0 Å². The summed E-state index contributed by atoms with van der Waals surface area (Å²) in [6.45, 7) is 9.07. The summed E-state index contributed by atoms with van der Waals surface area (Å²) < 4.78 is 47.3. The molecule has 0 saturated heterocycles. The van der Waals surface area contributed by atoms with E-state index in [0.29, 0.717) is 50.5 Å². The summed E-state index contributed by atoms with van der Waals surface area (Å²) in [5.41, 5.74) is 3.30. The summed E-state index contributed by atoms with van der Waals surface area (Å²) in [4.78, 5) is 29.5. The lowest BCUT2D eigenvalue weighted by Gasteiger charge is -2.33. The van der Waals surface area contributed by atoms with Crippen LogP contribution in [0.1, 0.15) is 47.8 Å². The van der Waals surface area contributed by atoms with Crippen molar-refractivity contribution in [2.45, 2.75) is 52.4 Å². The van der Waals surface area contributed by atoms with E-state index >= 15 is 0 Å². The van der Waals surface area contributed by atoms with Crippen LogP contribution in [0, 0.1) is 6.92 Å². The Hall–Kier alpha value is -3.56. The highest BCUT2D eigenvalue weighted by atomic mass is 19.3. The van der Waals surface area contributed by atoms with E-state index in [-0.39, 0.29) is 29.1 Å². The molecule has 3 heterocycles. The molecule has 0 aromatic heterocycles. The first-order valence-electron chi connectivity index (χ1n) is 11.9. The molecule has 0 N–H and O–H groups in total. The third-order valence-electron chi connectivity index (χ3n) is 6.40. The number of hydrogen-bond acceptors (Lipinski definition) is 6. The quantitative estimate of drug-likeness (QED) is 0.563. The molecule has 0 unspecified atom stereocenters. The van der Waals surface area contributed by atoms with Gasteiger partial charge in [-0.05, 0) is 81.5 Å². The van der Waals surface area contributed by atoms with Gasteiger partial charge in [0.05, 0.1) is 12.2 Å². The fraction of sp³-hybridized carbons (Fsp3) is 0.462. The van der Waals surface area contributed by atoms with Gasteiger partial charge >= 0.3 is 12.4 Å². The molecule has 3 aliphatic rings. The predicted molar refractivity (Wildman–Crippen MR) is 126 cm³/mol. The van der Waals surface area contributed by atoms with Gasteiger partial charge in [-0.15, -0.1) is 8.78 Å². The van der Waals surface area contributed by atoms with E-state index < -0.39 is 11.9 Å². The van der Waals surface area contributed by atoms with Crippen LogP contribution in [0.2, 0.25) is 0 Å². The number of benzene rings is 2. The number of hydrogen-bond donors (Lipinski definition) is 0. The van der Waals surface area contributed by atoms with Gasteiger partial charge in [-0.1, -0.05) is 0 Å². The Kier molecular flexibility index (Phi) is 5.72. The van der Waals surface area contributed by atoms with E-state index in [4.69, 9.17) is 9.47 Å². The summed E-state index contributed by atoms with van der Waals surface area (Å²) in [7, 11) is 0. The number of ether oxygens (including phenoxy) is 4. The monoisotopic (exact) mass is 502 g/mol. The summed E-state index contributed by atoms with van der Waals surface area (Å²) in [6.07, 6.45) is -2.86. The number of nitrogens with zero attached hydrogens (tertiary/aromatic N) is 2. The first-order valence-corrected chi connectivity index (χ1v) is 11.9. The highest BCUT2D eigenvalue weighted by Gasteiger charge is 2.44. The molecule has 2 aromatic rings. The van der Waals surface area contributed by atoms with Crippen molar-refractivity contribution in [3.05, 3.63) is 46.5 Å². The van der Waals surface area contributed by atoms with Gasteiger partial charge in [0.1, 0.15) is 18.0 Å². The van der Waals surface area contributed by atoms with Crippen LogP contribution in [0.3, 0.4) is 0 Å². The Balaban J connectivity index is 1.42. The van der Waals surface area contributed by atoms with E-state index in [0.717, 1.165) is 16.7 Å². The number of alkyl halides is 2. The Bertz CT molecular complexity index is 1240. The van der Waals surface area contributed by atoms with Gasteiger partial charge in [-0.25, -0.2) is 4.79 Å². The maximum absolute atomic E-state index is 13.5. The van der Waals surface area contributed by atoms with Crippen LogP contribution >= 0.6 is 0 Å². The summed E-state index contributed by atoms with van der Waals surface area (Å²) in [5.74, 6) is -0.0627. The Morgan fingerprint density at radius 3 is 2.47 bits per heavy atom. The zero-order valence-corrected chi connectivity index (χ0v) is 20.7. The molecular formula is C26H28F2N2O6. The molecule has 0 bridgehead atoms. The highest BCUT2D eigenvalue weighted by molar-refractivity contribution is 6.08. The first-order chi connectivity index (χ1) is 16.9. The van der Waals surface area contributed by atoms with Crippen LogP contribution in [0.4, 0.5) is 19.3 Å². The van der Waals surface area contributed by atoms with Gasteiger partial charge in [0, 0.05) is 18.7 Å². The number of halogens is 2. The smallest absolute Gasteiger partial charge is 0.490 e. The van der Waals surface area contributed by atoms with E-state index in [2.05, 4.69) is 9.47 Å². The van der Waals surface area contributed by atoms with Crippen molar-refractivity contribution >= 4 is 17.7 Å². The normalized spacial score (nSPS) is 18.1. The van der Waals surface area contributed by atoms with Crippen LogP contribution in [-0.2, 0) is 17.6 Å². The van der Waals surface area contributed by atoms with Crippen molar-refractivity contribution in [1.29, 1.82) is 0 Å². The average Bonchev–Trinajstić information content (AvgIpc) is 2.95. The van der Waals surface area contributed by atoms with Crippen molar-refractivity contribution in [3.8, 4) is 17.2 Å². The number of amides is 2. The minimum atomic E-state index is -3.75. The van der Waals surface area contributed by atoms with Gasteiger partial charge < -0.3 is 28.7 Å². The molecule has 0 fully saturated rings. The summed E-state index contributed by atoms with van der Waals surface area (Å²) in [5, 5.41) is 0. The van der Waals surface area contributed by atoms with Crippen LogP contribution in [0.15, 0.2) is 24.3 Å². The molecule has 3 aliphatic heterocycles. The van der Waals surface area contributed by atoms with Crippen molar-refractivity contribution in [2.24, 2.45) is 0 Å². The minimum Gasteiger partial charge on any atom is -0.490 e. The third kappa shape index (κ3) is 4.52. The second kappa shape index (κ2) is 8.53. The van der Waals surface area contributed by atoms with Crippen molar-refractivity contribution in [2.75, 3.05) is 31.1 Å². The highest BCUT2D eigenvalue weighted by Crippen LogP contribution is 2.43. The minimum absolute atomic E-state index is 0.116. The molecule has 0 atom stereocenters. The maximum Gasteiger partial charge on any atom is 0.586 e. The molecule has 2 aromatic carbocycles. The molecule has 0 radical (unpaired) electrons. The molecule has 0 aliphatic carbocycles. The molecule has 8 nitrogen and oxygen atoms in total. The van der Waals surface area contributed by atoms with Crippen LogP contribution in [-0.4, -0.2) is 55.0 Å². The molecular weight excluding hydrogens is 474 g/mol. The van der Waals surface area contributed by atoms with E-state index in [1.165, 1.54) is 18.2 Å². The predicted octanol–water partition coefficient (Wildman–Crippen LogP) is 4.69. The zero-order valence-electron chi connectivity index (χ0n) is 20.7. The van der Waals surface area contributed by atoms with Gasteiger partial charge in [-0.2, -0.15) is 0 Å². The molecule has 192 valence electrons. The van der Waals surface area contributed by atoms with Gasteiger partial charge in [-0.3, -0.25) is 4.79 Å². The number of anilines is 1. The summed E-state index contributed by atoms with van der Waals surface area (Å²) in [6, 6.07) is 5.96. The second-order valence-corrected chi connectivity index (χ2v) is 10.1. The van der Waals surface area contributed by atoms with Crippen molar-refractivity contribution in [1.82, 2.24) is 4.90 Å². The SMILES string of the molecule is Cc1c2c(cc3c1N(C(=O)c1ccc4c(c1)OC(F)(F)O4)CCO3)CCN(C(=O)OC(C)(C)C)CC2. The van der Waals surface area contributed by atoms with Crippen LogP contribution < -0.4 is 19.1 Å². The topological polar surface area (TPSA) is 77.5 Å².